The summed E-state index contributed by atoms with van der Waals surface area (Å²) >= 11 is 0. The predicted octanol–water partition coefficient (Wildman–Crippen LogP) is -3.94. The number of aliphatic hydroxyl groups is 5. The topological polar surface area (TPSA) is 136 Å². The van der Waals surface area contributed by atoms with E-state index in [1.165, 1.54) is 0 Å². The minimum atomic E-state index is -2.45. The van der Waals surface area contributed by atoms with Crippen molar-refractivity contribution in [2.24, 2.45) is 5.73 Å². The highest BCUT2D eigenvalue weighted by Crippen LogP contribution is 2.23. The van der Waals surface area contributed by atoms with Gasteiger partial charge in [-0.05, 0) is 0 Å². The van der Waals surface area contributed by atoms with Gasteiger partial charge in [0.25, 0.3) is 5.91 Å². The third kappa shape index (κ3) is 1.81. The molecule has 0 radical (unpaired) electrons. The van der Waals surface area contributed by atoms with Crippen LogP contribution in [0.25, 0.3) is 0 Å². The molecule has 78 valence electrons. The van der Waals surface area contributed by atoms with Gasteiger partial charge in [-0.15, -0.1) is 0 Å². The highest BCUT2D eigenvalue weighted by Gasteiger charge is 2.50. The van der Waals surface area contributed by atoms with Gasteiger partial charge in [0.05, 0.1) is 6.61 Å². The van der Waals surface area contributed by atoms with E-state index < -0.39 is 36.9 Å². The summed E-state index contributed by atoms with van der Waals surface area (Å²) in [6.45, 7) is -0.621. The summed E-state index contributed by atoms with van der Waals surface area (Å²) in [5.41, 5.74) is 5.04. The van der Waals surface area contributed by atoms with Crippen molar-refractivity contribution in [1.82, 2.24) is 0 Å². The second kappa shape index (κ2) is 3.46. The van der Waals surface area contributed by atoms with Gasteiger partial charge in [-0.3, -0.25) is 5.73 Å². The smallest absolute Gasteiger partial charge is 0.252 e. The summed E-state index contributed by atoms with van der Waals surface area (Å²) in [6.07, 6.45) is -6.16. The van der Waals surface area contributed by atoms with E-state index in [-0.39, 0.29) is 0 Å². The first-order valence-electron chi connectivity index (χ1n) is 3.74. The minimum absolute atomic E-state index is 0.621. The molecule has 0 aromatic heterocycles. The van der Waals surface area contributed by atoms with Crippen molar-refractivity contribution in [2.45, 2.75) is 30.3 Å². The molecule has 0 spiro atoms. The Morgan fingerprint density at radius 2 is 1.77 bits per heavy atom. The Bertz CT molecular complexity index is 184. The molecule has 0 bridgehead atoms. The molecule has 5 atom stereocenters. The third-order valence-electron chi connectivity index (χ3n) is 2.00. The van der Waals surface area contributed by atoms with Crippen LogP contribution in [0.5, 0.6) is 0 Å². The molecule has 1 heterocycles. The molecule has 0 aliphatic carbocycles. The lowest BCUT2D eigenvalue weighted by Crippen LogP contribution is -2.69. The van der Waals surface area contributed by atoms with E-state index in [1.54, 1.807) is 0 Å². The average molecular weight is 195 g/mol. The molecule has 7 heteroatoms. The first-order valence-corrected chi connectivity index (χ1v) is 3.74. The van der Waals surface area contributed by atoms with Gasteiger partial charge in [-0.25, -0.2) is 0 Å². The van der Waals surface area contributed by atoms with Gasteiger partial charge in [0, 0.05) is 0 Å². The molecule has 1 rings (SSSR count). The number of hydrogen-bond acceptors (Lipinski definition) is 7. The molecule has 7 N–H and O–H groups in total. The van der Waals surface area contributed by atoms with Gasteiger partial charge in [-0.2, -0.15) is 0 Å². The standard InChI is InChI=1S/C6H13NO6/c7-6(12)5(11)4(10)3(9)2(1-8)13-6/h2-5,8-12H,1,7H2. The second-order valence-corrected chi connectivity index (χ2v) is 3.02. The van der Waals surface area contributed by atoms with Crippen molar-refractivity contribution < 1.29 is 30.3 Å². The maximum Gasteiger partial charge on any atom is 0.252 e. The fourth-order valence-corrected chi connectivity index (χ4v) is 1.18. The van der Waals surface area contributed by atoms with Gasteiger partial charge in [0.15, 0.2) is 6.10 Å². The molecule has 5 unspecified atom stereocenters. The van der Waals surface area contributed by atoms with E-state index in [0.29, 0.717) is 0 Å². The van der Waals surface area contributed by atoms with E-state index in [2.05, 4.69) is 4.74 Å². The summed E-state index contributed by atoms with van der Waals surface area (Å²) in [4.78, 5) is 0. The van der Waals surface area contributed by atoms with E-state index in [1.807, 2.05) is 0 Å². The van der Waals surface area contributed by atoms with Crippen LogP contribution in [0.4, 0.5) is 0 Å². The van der Waals surface area contributed by atoms with Crippen molar-refractivity contribution in [3.8, 4) is 0 Å². The zero-order valence-corrected chi connectivity index (χ0v) is 6.74. The summed E-state index contributed by atoms with van der Waals surface area (Å²) < 4.78 is 4.54. The summed E-state index contributed by atoms with van der Waals surface area (Å²) in [5.74, 6) is -2.45. The van der Waals surface area contributed by atoms with E-state index in [0.717, 1.165) is 0 Å². The Kier molecular flexibility index (Phi) is 2.88. The Morgan fingerprint density at radius 3 is 2.23 bits per heavy atom. The van der Waals surface area contributed by atoms with Crippen LogP contribution in [0.3, 0.4) is 0 Å². The van der Waals surface area contributed by atoms with E-state index >= 15 is 0 Å². The number of aliphatic hydroxyl groups excluding tert-OH is 4. The fraction of sp³-hybridized carbons (Fsp3) is 1.00. The number of rotatable bonds is 1. The van der Waals surface area contributed by atoms with Crippen molar-refractivity contribution >= 4 is 0 Å². The van der Waals surface area contributed by atoms with Crippen LogP contribution >= 0.6 is 0 Å². The fourth-order valence-electron chi connectivity index (χ4n) is 1.18. The SMILES string of the molecule is NC1(O)OC(CO)C(O)C(O)C1O. The molecule has 0 aromatic carbocycles. The van der Waals surface area contributed by atoms with Gasteiger partial charge in [0.2, 0.25) is 0 Å². The highest BCUT2D eigenvalue weighted by molar-refractivity contribution is 4.92. The normalized spacial score (nSPS) is 52.2. The van der Waals surface area contributed by atoms with Crippen molar-refractivity contribution in [2.75, 3.05) is 6.61 Å². The molecule has 13 heavy (non-hydrogen) atoms. The number of nitrogens with two attached hydrogens (primary N) is 1. The van der Waals surface area contributed by atoms with Crippen LogP contribution in [0.15, 0.2) is 0 Å². The second-order valence-electron chi connectivity index (χ2n) is 3.02. The van der Waals surface area contributed by atoms with E-state index in [9.17, 15) is 5.11 Å². The molecule has 1 saturated heterocycles. The molecular weight excluding hydrogens is 182 g/mol. The predicted molar refractivity (Wildman–Crippen MR) is 39.1 cm³/mol. The third-order valence-corrected chi connectivity index (χ3v) is 2.00. The Labute approximate surface area is 74.0 Å². The number of hydrogen-bond donors (Lipinski definition) is 6. The first kappa shape index (κ1) is 10.8. The van der Waals surface area contributed by atoms with Crippen LogP contribution in [0.1, 0.15) is 0 Å². The van der Waals surface area contributed by atoms with Crippen LogP contribution < -0.4 is 5.73 Å². The maximum atomic E-state index is 9.18. The van der Waals surface area contributed by atoms with Gasteiger partial charge >= 0.3 is 0 Å². The molecule has 1 aliphatic rings. The van der Waals surface area contributed by atoms with Crippen LogP contribution in [-0.2, 0) is 4.74 Å². The van der Waals surface area contributed by atoms with Crippen LogP contribution in [0.2, 0.25) is 0 Å². The van der Waals surface area contributed by atoms with Crippen molar-refractivity contribution in [3.05, 3.63) is 0 Å². The summed E-state index contributed by atoms with van der Waals surface area (Å²) in [5, 5.41) is 45.2. The quantitative estimate of drug-likeness (QED) is 0.235. The Hall–Kier alpha value is -0.280. The van der Waals surface area contributed by atoms with Crippen molar-refractivity contribution in [3.63, 3.8) is 0 Å². The molecule has 0 saturated carbocycles. The van der Waals surface area contributed by atoms with Crippen molar-refractivity contribution in [1.29, 1.82) is 0 Å². The zero-order chi connectivity index (χ0) is 10.2. The van der Waals surface area contributed by atoms with Gasteiger partial charge < -0.3 is 30.3 Å². The first-order chi connectivity index (χ1) is 5.90. The number of ether oxygens (including phenoxy) is 1. The van der Waals surface area contributed by atoms with Crippen LogP contribution in [-0.4, -0.2) is 62.5 Å². The Morgan fingerprint density at radius 1 is 1.23 bits per heavy atom. The molecule has 0 amide bonds. The maximum absolute atomic E-state index is 9.18. The summed E-state index contributed by atoms with van der Waals surface area (Å²) in [6, 6.07) is 0. The van der Waals surface area contributed by atoms with Crippen LogP contribution in [0, 0.1) is 0 Å². The molecular formula is C6H13NO6. The lowest BCUT2D eigenvalue weighted by Gasteiger charge is -2.42. The largest absolute Gasteiger partial charge is 0.394 e. The minimum Gasteiger partial charge on any atom is -0.394 e. The summed E-state index contributed by atoms with van der Waals surface area (Å²) in [7, 11) is 0. The zero-order valence-electron chi connectivity index (χ0n) is 6.74. The highest BCUT2D eigenvalue weighted by atomic mass is 16.7. The Balaban J connectivity index is 2.79. The molecule has 1 fully saturated rings. The molecule has 0 aromatic rings. The lowest BCUT2D eigenvalue weighted by atomic mass is 9.97. The lowest BCUT2D eigenvalue weighted by molar-refractivity contribution is -0.346. The molecule has 7 nitrogen and oxygen atoms in total. The average Bonchev–Trinajstić information content (AvgIpc) is 2.08. The van der Waals surface area contributed by atoms with Gasteiger partial charge in [0.1, 0.15) is 18.3 Å². The van der Waals surface area contributed by atoms with E-state index in [4.69, 9.17) is 26.2 Å². The molecule has 1 aliphatic heterocycles. The van der Waals surface area contributed by atoms with Gasteiger partial charge in [-0.1, -0.05) is 0 Å². The monoisotopic (exact) mass is 195 g/mol.